The Morgan fingerprint density at radius 1 is 0.870 bits per heavy atom. The van der Waals surface area contributed by atoms with Crippen LogP contribution in [-0.2, 0) is 0 Å². The van der Waals surface area contributed by atoms with Crippen LogP contribution in [0.5, 0.6) is 0 Å². The maximum absolute atomic E-state index is 2.76. The number of rotatable bonds is 5. The van der Waals surface area contributed by atoms with E-state index in [0.717, 1.165) is 11.8 Å². The molecule has 2 saturated heterocycles. The van der Waals surface area contributed by atoms with Gasteiger partial charge in [0.05, 0.1) is 0 Å². The van der Waals surface area contributed by atoms with Crippen LogP contribution in [0.25, 0.3) is 0 Å². The average molecular weight is 324 g/mol. The van der Waals surface area contributed by atoms with Crippen molar-refractivity contribution in [1.82, 2.24) is 14.7 Å². The maximum Gasteiger partial charge on any atom is 0.0125 e. The highest BCUT2D eigenvalue weighted by Crippen LogP contribution is 2.24. The van der Waals surface area contributed by atoms with Gasteiger partial charge in [-0.25, -0.2) is 0 Å². The molecule has 3 nitrogen and oxygen atoms in total. The van der Waals surface area contributed by atoms with Gasteiger partial charge in [-0.3, -0.25) is 4.90 Å². The SMILES string of the molecule is CC(C)CCN1CCCN(CC2CCN(C(C)(C)C)CC2)CC1. The first-order chi connectivity index (χ1) is 10.8. The van der Waals surface area contributed by atoms with Gasteiger partial charge in [0.1, 0.15) is 0 Å². The number of hydrogen-bond donors (Lipinski definition) is 0. The first-order valence-electron chi connectivity index (χ1n) is 10.0. The van der Waals surface area contributed by atoms with E-state index in [-0.39, 0.29) is 0 Å². The summed E-state index contributed by atoms with van der Waals surface area (Å²) in [4.78, 5) is 8.12. The van der Waals surface area contributed by atoms with Crippen molar-refractivity contribution >= 4 is 0 Å². The monoisotopic (exact) mass is 323 g/mol. The summed E-state index contributed by atoms with van der Waals surface area (Å²) in [7, 11) is 0. The van der Waals surface area contributed by atoms with Gasteiger partial charge in [-0.15, -0.1) is 0 Å². The van der Waals surface area contributed by atoms with Gasteiger partial charge in [0.15, 0.2) is 0 Å². The Balaban J connectivity index is 1.69. The molecule has 136 valence electrons. The van der Waals surface area contributed by atoms with Crippen molar-refractivity contribution in [3.8, 4) is 0 Å². The Bertz CT molecular complexity index is 326. The van der Waals surface area contributed by atoms with E-state index in [1.807, 2.05) is 0 Å². The minimum absolute atomic E-state index is 0.352. The van der Waals surface area contributed by atoms with Crippen molar-refractivity contribution in [2.45, 2.75) is 65.8 Å². The van der Waals surface area contributed by atoms with Crippen molar-refractivity contribution in [3.63, 3.8) is 0 Å². The zero-order chi connectivity index (χ0) is 16.9. The first-order valence-corrected chi connectivity index (χ1v) is 10.0. The molecule has 0 radical (unpaired) electrons. The fourth-order valence-electron chi connectivity index (χ4n) is 4.02. The zero-order valence-electron chi connectivity index (χ0n) is 16.5. The van der Waals surface area contributed by atoms with E-state index in [0.29, 0.717) is 5.54 Å². The van der Waals surface area contributed by atoms with Gasteiger partial charge >= 0.3 is 0 Å². The van der Waals surface area contributed by atoms with E-state index in [2.05, 4.69) is 49.3 Å². The quantitative estimate of drug-likeness (QED) is 0.766. The van der Waals surface area contributed by atoms with E-state index in [4.69, 9.17) is 0 Å². The summed E-state index contributed by atoms with van der Waals surface area (Å²) in [6.45, 7) is 22.2. The van der Waals surface area contributed by atoms with Crippen LogP contribution in [0, 0.1) is 11.8 Å². The van der Waals surface area contributed by atoms with Crippen molar-refractivity contribution in [1.29, 1.82) is 0 Å². The van der Waals surface area contributed by atoms with E-state index in [1.165, 1.54) is 78.0 Å². The largest absolute Gasteiger partial charge is 0.302 e. The van der Waals surface area contributed by atoms with E-state index in [1.54, 1.807) is 0 Å². The van der Waals surface area contributed by atoms with Crippen LogP contribution in [0.2, 0.25) is 0 Å². The zero-order valence-corrected chi connectivity index (χ0v) is 16.5. The van der Waals surface area contributed by atoms with E-state index < -0.39 is 0 Å². The molecular formula is C20H41N3. The van der Waals surface area contributed by atoms with Crippen LogP contribution in [-0.4, -0.2) is 72.6 Å². The predicted molar refractivity (Wildman–Crippen MR) is 101 cm³/mol. The van der Waals surface area contributed by atoms with Crippen molar-refractivity contribution in [3.05, 3.63) is 0 Å². The van der Waals surface area contributed by atoms with Gasteiger partial charge < -0.3 is 9.80 Å². The molecule has 0 atom stereocenters. The predicted octanol–water partition coefficient (Wildman–Crippen LogP) is 3.55. The summed E-state index contributed by atoms with van der Waals surface area (Å²) in [5.41, 5.74) is 0.352. The van der Waals surface area contributed by atoms with Crippen LogP contribution in [0.15, 0.2) is 0 Å². The molecule has 2 rings (SSSR count). The van der Waals surface area contributed by atoms with Crippen LogP contribution in [0.4, 0.5) is 0 Å². The second-order valence-electron chi connectivity index (χ2n) is 9.28. The molecular weight excluding hydrogens is 282 g/mol. The second-order valence-corrected chi connectivity index (χ2v) is 9.28. The van der Waals surface area contributed by atoms with Crippen LogP contribution >= 0.6 is 0 Å². The number of piperidine rings is 1. The molecule has 2 aliphatic rings. The Kier molecular flexibility index (Phi) is 7.37. The van der Waals surface area contributed by atoms with Crippen LogP contribution < -0.4 is 0 Å². The summed E-state index contributed by atoms with van der Waals surface area (Å²) in [6.07, 6.45) is 5.50. The minimum atomic E-state index is 0.352. The molecule has 0 unspecified atom stereocenters. The highest BCUT2D eigenvalue weighted by Gasteiger charge is 2.28. The average Bonchev–Trinajstić information content (AvgIpc) is 2.70. The second kappa shape index (κ2) is 8.82. The summed E-state index contributed by atoms with van der Waals surface area (Å²) < 4.78 is 0. The van der Waals surface area contributed by atoms with E-state index in [9.17, 15) is 0 Å². The fourth-order valence-corrected chi connectivity index (χ4v) is 4.02. The van der Waals surface area contributed by atoms with Gasteiger partial charge in [0.25, 0.3) is 0 Å². The fraction of sp³-hybridized carbons (Fsp3) is 1.00. The summed E-state index contributed by atoms with van der Waals surface area (Å²) in [5, 5.41) is 0. The number of nitrogens with zero attached hydrogens (tertiary/aromatic N) is 3. The molecule has 0 N–H and O–H groups in total. The van der Waals surface area contributed by atoms with Crippen molar-refractivity contribution < 1.29 is 0 Å². The Hall–Kier alpha value is -0.120. The van der Waals surface area contributed by atoms with E-state index >= 15 is 0 Å². The first kappa shape index (κ1) is 19.2. The highest BCUT2D eigenvalue weighted by molar-refractivity contribution is 4.83. The third-order valence-corrected chi connectivity index (χ3v) is 5.78. The normalized spacial score (nSPS) is 24.3. The molecule has 0 bridgehead atoms. The Morgan fingerprint density at radius 2 is 1.48 bits per heavy atom. The van der Waals surface area contributed by atoms with Crippen molar-refractivity contribution in [2.24, 2.45) is 11.8 Å². The number of hydrogen-bond acceptors (Lipinski definition) is 3. The molecule has 2 fully saturated rings. The Morgan fingerprint density at radius 3 is 2.09 bits per heavy atom. The molecule has 3 heteroatoms. The Labute approximate surface area is 145 Å². The number of likely N-dealkylation sites (tertiary alicyclic amines) is 1. The molecule has 0 aliphatic carbocycles. The van der Waals surface area contributed by atoms with Gasteiger partial charge in [0.2, 0.25) is 0 Å². The highest BCUT2D eigenvalue weighted by atomic mass is 15.2. The van der Waals surface area contributed by atoms with Crippen molar-refractivity contribution in [2.75, 3.05) is 52.4 Å². The molecule has 0 aromatic heterocycles. The molecule has 2 aliphatic heterocycles. The van der Waals surface area contributed by atoms with Gasteiger partial charge in [-0.2, -0.15) is 0 Å². The lowest BCUT2D eigenvalue weighted by molar-refractivity contribution is 0.0748. The molecule has 2 heterocycles. The van der Waals surface area contributed by atoms with Gasteiger partial charge in [-0.05, 0) is 91.0 Å². The van der Waals surface area contributed by atoms with Crippen LogP contribution in [0.3, 0.4) is 0 Å². The molecule has 0 aromatic carbocycles. The standard InChI is InChI=1S/C20H41N3/c1-18(2)7-12-21-10-6-11-22(16-15-21)17-19-8-13-23(14-9-19)20(3,4)5/h18-19H,6-17H2,1-5H3. The summed E-state index contributed by atoms with van der Waals surface area (Å²) in [5.74, 6) is 1.76. The third kappa shape index (κ3) is 6.72. The van der Waals surface area contributed by atoms with Gasteiger partial charge in [0, 0.05) is 25.2 Å². The molecule has 0 aromatic rings. The lowest BCUT2D eigenvalue weighted by atomic mass is 9.92. The lowest BCUT2D eigenvalue weighted by Gasteiger charge is -2.41. The summed E-state index contributed by atoms with van der Waals surface area (Å²) in [6, 6.07) is 0. The smallest absolute Gasteiger partial charge is 0.0125 e. The molecule has 23 heavy (non-hydrogen) atoms. The summed E-state index contributed by atoms with van der Waals surface area (Å²) >= 11 is 0. The van der Waals surface area contributed by atoms with Crippen LogP contribution in [0.1, 0.15) is 60.3 Å². The van der Waals surface area contributed by atoms with Gasteiger partial charge in [-0.1, -0.05) is 13.8 Å². The maximum atomic E-state index is 2.76. The molecule has 0 spiro atoms. The third-order valence-electron chi connectivity index (χ3n) is 5.78. The minimum Gasteiger partial charge on any atom is -0.302 e. The lowest BCUT2D eigenvalue weighted by Crippen LogP contribution is -2.47. The molecule has 0 saturated carbocycles. The topological polar surface area (TPSA) is 9.72 Å². The molecule has 0 amide bonds.